The maximum absolute atomic E-state index is 5.75. The highest BCUT2D eigenvalue weighted by atomic mass is 79.9. The molecule has 0 bridgehead atoms. The van der Waals surface area contributed by atoms with E-state index in [0.717, 1.165) is 34.8 Å². The Morgan fingerprint density at radius 2 is 2.17 bits per heavy atom. The molecule has 1 aromatic carbocycles. The Bertz CT molecular complexity index is 565. The van der Waals surface area contributed by atoms with Crippen LogP contribution in [0.2, 0.25) is 0 Å². The summed E-state index contributed by atoms with van der Waals surface area (Å²) >= 11 is 3.34. The highest BCUT2D eigenvalue weighted by Gasteiger charge is 2.24. The molecular weight excluding hydrogens is 294 g/mol. The molecule has 1 unspecified atom stereocenters. The zero-order valence-corrected chi connectivity index (χ0v) is 11.7. The number of nitrogens with one attached hydrogen (secondary N) is 1. The quantitative estimate of drug-likeness (QED) is 0.945. The molecule has 3 rings (SSSR count). The third kappa shape index (κ3) is 1.95. The van der Waals surface area contributed by atoms with Crippen molar-refractivity contribution < 1.29 is 9.15 Å². The lowest BCUT2D eigenvalue weighted by Crippen LogP contribution is -2.17. The van der Waals surface area contributed by atoms with Gasteiger partial charge in [-0.15, -0.1) is 0 Å². The fourth-order valence-electron chi connectivity index (χ4n) is 2.40. The SMILES string of the molecule is CNC(c1ccc(Br)o1)c1cccc2c1OCC2. The highest BCUT2D eigenvalue weighted by Crippen LogP contribution is 2.36. The lowest BCUT2D eigenvalue weighted by molar-refractivity contribution is 0.347. The van der Waals surface area contributed by atoms with Crippen LogP contribution >= 0.6 is 15.9 Å². The van der Waals surface area contributed by atoms with E-state index in [2.05, 4.69) is 39.4 Å². The Kier molecular flexibility index (Phi) is 3.14. The minimum Gasteiger partial charge on any atom is -0.493 e. The summed E-state index contributed by atoms with van der Waals surface area (Å²) in [5.41, 5.74) is 2.41. The van der Waals surface area contributed by atoms with Gasteiger partial charge in [-0.3, -0.25) is 0 Å². The van der Waals surface area contributed by atoms with Gasteiger partial charge in [0.2, 0.25) is 0 Å². The summed E-state index contributed by atoms with van der Waals surface area (Å²) in [7, 11) is 1.93. The van der Waals surface area contributed by atoms with Crippen molar-refractivity contribution in [2.24, 2.45) is 0 Å². The highest BCUT2D eigenvalue weighted by molar-refractivity contribution is 9.10. The molecule has 2 aromatic rings. The molecule has 0 fully saturated rings. The van der Waals surface area contributed by atoms with Crippen molar-refractivity contribution in [3.05, 3.63) is 51.9 Å². The molecule has 18 heavy (non-hydrogen) atoms. The average molecular weight is 308 g/mol. The fraction of sp³-hybridized carbons (Fsp3) is 0.286. The molecule has 1 aliphatic rings. The number of para-hydroxylation sites is 1. The smallest absolute Gasteiger partial charge is 0.169 e. The molecule has 1 atom stereocenters. The summed E-state index contributed by atoms with van der Waals surface area (Å²) < 4.78 is 12.1. The van der Waals surface area contributed by atoms with Crippen LogP contribution in [0.3, 0.4) is 0 Å². The van der Waals surface area contributed by atoms with Crippen LogP contribution in [0, 0.1) is 0 Å². The summed E-state index contributed by atoms with van der Waals surface area (Å²) in [6, 6.07) is 10.2. The fourth-order valence-corrected chi connectivity index (χ4v) is 2.72. The van der Waals surface area contributed by atoms with Gasteiger partial charge in [0.25, 0.3) is 0 Å². The van der Waals surface area contributed by atoms with E-state index in [1.54, 1.807) is 0 Å². The Morgan fingerprint density at radius 1 is 1.28 bits per heavy atom. The molecule has 94 valence electrons. The van der Waals surface area contributed by atoms with Crippen molar-refractivity contribution >= 4 is 15.9 Å². The van der Waals surface area contributed by atoms with Crippen LogP contribution in [0.15, 0.2) is 39.4 Å². The van der Waals surface area contributed by atoms with Crippen LogP contribution in [-0.2, 0) is 6.42 Å². The molecule has 0 radical (unpaired) electrons. The number of ether oxygens (including phenoxy) is 1. The molecule has 0 saturated carbocycles. The van der Waals surface area contributed by atoms with Crippen LogP contribution in [0.1, 0.15) is 22.9 Å². The van der Waals surface area contributed by atoms with E-state index in [4.69, 9.17) is 9.15 Å². The van der Waals surface area contributed by atoms with Crippen molar-refractivity contribution in [2.75, 3.05) is 13.7 Å². The Labute approximate surface area is 114 Å². The van der Waals surface area contributed by atoms with Crippen LogP contribution < -0.4 is 10.1 Å². The van der Waals surface area contributed by atoms with Crippen molar-refractivity contribution in [1.82, 2.24) is 5.32 Å². The van der Waals surface area contributed by atoms with E-state index >= 15 is 0 Å². The van der Waals surface area contributed by atoms with Gasteiger partial charge in [-0.05, 0) is 40.7 Å². The van der Waals surface area contributed by atoms with Gasteiger partial charge < -0.3 is 14.5 Å². The van der Waals surface area contributed by atoms with Gasteiger partial charge in [0.05, 0.1) is 12.6 Å². The second-order valence-corrected chi connectivity index (χ2v) is 5.08. The number of hydrogen-bond donors (Lipinski definition) is 1. The molecule has 4 heteroatoms. The van der Waals surface area contributed by atoms with E-state index in [1.165, 1.54) is 5.56 Å². The van der Waals surface area contributed by atoms with Crippen LogP contribution in [0.5, 0.6) is 5.75 Å². The minimum atomic E-state index is 0.0179. The van der Waals surface area contributed by atoms with Gasteiger partial charge >= 0.3 is 0 Å². The van der Waals surface area contributed by atoms with Crippen LogP contribution in [0.25, 0.3) is 0 Å². The number of furan rings is 1. The molecule has 0 saturated heterocycles. The van der Waals surface area contributed by atoms with Gasteiger partial charge in [0.1, 0.15) is 11.5 Å². The first-order chi connectivity index (χ1) is 8.79. The normalized spacial score (nSPS) is 15.2. The van der Waals surface area contributed by atoms with E-state index in [0.29, 0.717) is 0 Å². The zero-order valence-electron chi connectivity index (χ0n) is 10.1. The molecule has 3 nitrogen and oxygen atoms in total. The van der Waals surface area contributed by atoms with E-state index in [-0.39, 0.29) is 6.04 Å². The maximum atomic E-state index is 5.75. The first-order valence-electron chi connectivity index (χ1n) is 5.96. The monoisotopic (exact) mass is 307 g/mol. The standard InChI is InChI=1S/C14H14BrNO2/c1-16-13(11-5-6-12(15)18-11)10-4-2-3-9-7-8-17-14(9)10/h2-6,13,16H,7-8H2,1H3. The largest absolute Gasteiger partial charge is 0.493 e. The number of halogens is 1. The zero-order chi connectivity index (χ0) is 12.5. The van der Waals surface area contributed by atoms with E-state index in [1.807, 2.05) is 19.2 Å². The predicted octanol–water partition coefficient (Wildman–Crippen LogP) is 3.29. The van der Waals surface area contributed by atoms with Crippen LogP contribution in [0.4, 0.5) is 0 Å². The summed E-state index contributed by atoms with van der Waals surface area (Å²) in [5.74, 6) is 1.89. The molecular formula is C14H14BrNO2. The van der Waals surface area contributed by atoms with Crippen molar-refractivity contribution in [3.8, 4) is 5.75 Å². The van der Waals surface area contributed by atoms with Crippen molar-refractivity contribution in [3.63, 3.8) is 0 Å². The molecule has 0 spiro atoms. The summed E-state index contributed by atoms with van der Waals surface area (Å²) in [5, 5.41) is 3.28. The maximum Gasteiger partial charge on any atom is 0.169 e. The first kappa shape index (κ1) is 11.8. The Morgan fingerprint density at radius 3 is 2.89 bits per heavy atom. The van der Waals surface area contributed by atoms with Gasteiger partial charge in [0.15, 0.2) is 4.67 Å². The second kappa shape index (κ2) is 4.78. The summed E-state index contributed by atoms with van der Waals surface area (Å²) in [4.78, 5) is 0. The Balaban J connectivity index is 2.05. The van der Waals surface area contributed by atoms with Crippen LogP contribution in [-0.4, -0.2) is 13.7 Å². The third-order valence-electron chi connectivity index (χ3n) is 3.22. The lowest BCUT2D eigenvalue weighted by Gasteiger charge is -2.17. The number of fused-ring (bicyclic) bond motifs is 1. The molecule has 0 amide bonds. The predicted molar refractivity (Wildman–Crippen MR) is 73.0 cm³/mol. The van der Waals surface area contributed by atoms with Gasteiger partial charge in [-0.2, -0.15) is 0 Å². The van der Waals surface area contributed by atoms with Crippen molar-refractivity contribution in [2.45, 2.75) is 12.5 Å². The molecule has 1 aromatic heterocycles. The van der Waals surface area contributed by atoms with Crippen molar-refractivity contribution in [1.29, 1.82) is 0 Å². The summed E-state index contributed by atoms with van der Waals surface area (Å²) in [6.45, 7) is 0.768. The number of benzene rings is 1. The molecule has 0 aliphatic carbocycles. The van der Waals surface area contributed by atoms with Gasteiger partial charge in [0, 0.05) is 12.0 Å². The van der Waals surface area contributed by atoms with Gasteiger partial charge in [-0.25, -0.2) is 0 Å². The van der Waals surface area contributed by atoms with E-state index in [9.17, 15) is 0 Å². The van der Waals surface area contributed by atoms with E-state index < -0.39 is 0 Å². The third-order valence-corrected chi connectivity index (χ3v) is 3.65. The molecule has 2 heterocycles. The Hall–Kier alpha value is -1.26. The summed E-state index contributed by atoms with van der Waals surface area (Å²) in [6.07, 6.45) is 0.988. The minimum absolute atomic E-state index is 0.0179. The molecule has 1 N–H and O–H groups in total. The number of rotatable bonds is 3. The van der Waals surface area contributed by atoms with Gasteiger partial charge in [-0.1, -0.05) is 18.2 Å². The number of hydrogen-bond acceptors (Lipinski definition) is 3. The first-order valence-corrected chi connectivity index (χ1v) is 6.76. The second-order valence-electron chi connectivity index (χ2n) is 4.30. The topological polar surface area (TPSA) is 34.4 Å². The average Bonchev–Trinajstić information content (AvgIpc) is 2.99. The molecule has 1 aliphatic heterocycles. The lowest BCUT2D eigenvalue weighted by atomic mass is 10.0.